The minimum absolute atomic E-state index is 0.208. The number of nitrogens with zero attached hydrogens (tertiary/aromatic N) is 2. The highest BCUT2D eigenvalue weighted by Crippen LogP contribution is 2.14. The molecular weight excluding hydrogens is 302 g/mol. The molecule has 2 aliphatic heterocycles. The molecule has 2 fully saturated rings. The molecular formula is C19H29N3O2. The van der Waals surface area contributed by atoms with Crippen molar-refractivity contribution in [3.05, 3.63) is 35.9 Å². The van der Waals surface area contributed by atoms with E-state index in [1.165, 1.54) is 5.56 Å². The second-order valence-corrected chi connectivity index (χ2v) is 6.92. The maximum Gasteiger partial charge on any atom is 0.236 e. The van der Waals surface area contributed by atoms with Gasteiger partial charge in [0.25, 0.3) is 0 Å². The lowest BCUT2D eigenvalue weighted by atomic mass is 10.1. The van der Waals surface area contributed by atoms with E-state index in [1.807, 2.05) is 11.0 Å². The van der Waals surface area contributed by atoms with Crippen molar-refractivity contribution in [2.75, 3.05) is 39.3 Å². The zero-order valence-electron chi connectivity index (χ0n) is 14.6. The van der Waals surface area contributed by atoms with Crippen molar-refractivity contribution in [2.24, 2.45) is 0 Å². The average molecular weight is 331 g/mol. The minimum atomic E-state index is 0.208. The molecule has 5 heteroatoms. The Labute approximate surface area is 145 Å². The second kappa shape index (κ2) is 8.60. The Bertz CT molecular complexity index is 517. The van der Waals surface area contributed by atoms with Gasteiger partial charge in [-0.3, -0.25) is 9.69 Å². The van der Waals surface area contributed by atoms with Gasteiger partial charge in [0.2, 0.25) is 5.91 Å². The third-order valence-corrected chi connectivity index (χ3v) is 4.95. The number of carbonyl (C=O) groups is 1. The van der Waals surface area contributed by atoms with Crippen molar-refractivity contribution in [2.45, 2.75) is 38.5 Å². The predicted octanol–water partition coefficient (Wildman–Crippen LogP) is 1.49. The van der Waals surface area contributed by atoms with E-state index >= 15 is 0 Å². The smallest absolute Gasteiger partial charge is 0.236 e. The van der Waals surface area contributed by atoms with Gasteiger partial charge in [-0.25, -0.2) is 0 Å². The number of piperazine rings is 1. The highest BCUT2D eigenvalue weighted by molar-refractivity contribution is 5.78. The average Bonchev–Trinajstić information content (AvgIpc) is 3.09. The Morgan fingerprint density at radius 2 is 2.12 bits per heavy atom. The van der Waals surface area contributed by atoms with Crippen molar-refractivity contribution >= 4 is 5.91 Å². The first kappa shape index (κ1) is 17.4. The lowest BCUT2D eigenvalue weighted by Gasteiger charge is -2.40. The number of hydrogen-bond acceptors (Lipinski definition) is 4. The third kappa shape index (κ3) is 4.79. The summed E-state index contributed by atoms with van der Waals surface area (Å²) in [5.74, 6) is 0.208. The van der Waals surface area contributed by atoms with E-state index in [0.29, 0.717) is 6.54 Å². The minimum Gasteiger partial charge on any atom is -0.377 e. The molecule has 24 heavy (non-hydrogen) atoms. The number of hydrogen-bond donors (Lipinski definition) is 1. The van der Waals surface area contributed by atoms with Gasteiger partial charge in [-0.2, -0.15) is 0 Å². The van der Waals surface area contributed by atoms with Gasteiger partial charge in [-0.1, -0.05) is 30.3 Å². The first-order valence-corrected chi connectivity index (χ1v) is 9.10. The molecule has 132 valence electrons. The summed E-state index contributed by atoms with van der Waals surface area (Å²) in [5.41, 5.74) is 1.34. The molecule has 0 unspecified atom stereocenters. The summed E-state index contributed by atoms with van der Waals surface area (Å²) in [6.45, 7) is 7.87. The van der Waals surface area contributed by atoms with Gasteiger partial charge in [0, 0.05) is 45.4 Å². The van der Waals surface area contributed by atoms with Crippen LogP contribution >= 0.6 is 0 Å². The van der Waals surface area contributed by atoms with E-state index in [2.05, 4.69) is 41.4 Å². The molecule has 1 N–H and O–H groups in total. The largest absolute Gasteiger partial charge is 0.377 e. The van der Waals surface area contributed by atoms with Crippen molar-refractivity contribution in [3.8, 4) is 0 Å². The quantitative estimate of drug-likeness (QED) is 0.858. The normalized spacial score (nSPS) is 25.1. The first-order chi connectivity index (χ1) is 11.7. The standard InChI is InChI=1S/C19H29N3O2/c1-16-14-21(15-17-6-3-2-4-7-17)9-10-22(16)19(23)13-20-12-18-8-5-11-24-18/h2-4,6-7,16,18,20H,5,8-15H2,1H3/t16-,18+/m1/s1. The zero-order valence-corrected chi connectivity index (χ0v) is 14.6. The molecule has 2 saturated heterocycles. The molecule has 1 aromatic rings. The van der Waals surface area contributed by atoms with Crippen LogP contribution in [0.4, 0.5) is 0 Å². The van der Waals surface area contributed by atoms with Crippen LogP contribution in [0.5, 0.6) is 0 Å². The SMILES string of the molecule is C[C@@H]1CN(Cc2ccccc2)CCN1C(=O)CNC[C@@H]1CCCO1. The Balaban J connectivity index is 1.40. The van der Waals surface area contributed by atoms with Crippen LogP contribution < -0.4 is 5.32 Å². The fourth-order valence-corrected chi connectivity index (χ4v) is 3.64. The van der Waals surface area contributed by atoms with Crippen LogP contribution in [-0.4, -0.2) is 67.2 Å². The van der Waals surface area contributed by atoms with Gasteiger partial charge in [-0.05, 0) is 25.3 Å². The Morgan fingerprint density at radius 1 is 1.29 bits per heavy atom. The molecule has 0 saturated carbocycles. The maximum absolute atomic E-state index is 12.5. The van der Waals surface area contributed by atoms with Crippen molar-refractivity contribution in [1.29, 1.82) is 0 Å². The number of rotatable bonds is 6. The molecule has 0 bridgehead atoms. The topological polar surface area (TPSA) is 44.8 Å². The lowest BCUT2D eigenvalue weighted by Crippen LogP contribution is -2.55. The van der Waals surface area contributed by atoms with Crippen molar-refractivity contribution in [1.82, 2.24) is 15.1 Å². The van der Waals surface area contributed by atoms with Crippen LogP contribution in [0.2, 0.25) is 0 Å². The van der Waals surface area contributed by atoms with Crippen LogP contribution in [0.15, 0.2) is 30.3 Å². The van der Waals surface area contributed by atoms with Gasteiger partial charge in [0.1, 0.15) is 0 Å². The van der Waals surface area contributed by atoms with Gasteiger partial charge in [0.05, 0.1) is 12.6 Å². The third-order valence-electron chi connectivity index (χ3n) is 4.95. The van der Waals surface area contributed by atoms with Gasteiger partial charge >= 0.3 is 0 Å². The van der Waals surface area contributed by atoms with Crippen LogP contribution in [0.25, 0.3) is 0 Å². The van der Waals surface area contributed by atoms with Crippen LogP contribution in [0, 0.1) is 0 Å². The molecule has 1 aromatic carbocycles. The summed E-state index contributed by atoms with van der Waals surface area (Å²) in [7, 11) is 0. The number of amides is 1. The van der Waals surface area contributed by atoms with Crippen molar-refractivity contribution < 1.29 is 9.53 Å². The molecule has 2 aliphatic rings. The fourth-order valence-electron chi connectivity index (χ4n) is 3.64. The van der Waals surface area contributed by atoms with Crippen LogP contribution in [0.3, 0.4) is 0 Å². The summed E-state index contributed by atoms with van der Waals surface area (Å²) in [6, 6.07) is 10.8. The molecule has 1 amide bonds. The summed E-state index contributed by atoms with van der Waals surface area (Å²) < 4.78 is 5.58. The highest BCUT2D eigenvalue weighted by Gasteiger charge is 2.27. The number of nitrogens with one attached hydrogen (secondary N) is 1. The van der Waals surface area contributed by atoms with E-state index in [-0.39, 0.29) is 18.1 Å². The number of benzene rings is 1. The molecule has 5 nitrogen and oxygen atoms in total. The zero-order chi connectivity index (χ0) is 16.8. The fraction of sp³-hybridized carbons (Fsp3) is 0.632. The molecule has 3 rings (SSSR count). The monoisotopic (exact) mass is 331 g/mol. The maximum atomic E-state index is 12.5. The first-order valence-electron chi connectivity index (χ1n) is 9.10. The molecule has 0 aliphatic carbocycles. The molecule has 0 spiro atoms. The Morgan fingerprint density at radius 3 is 2.83 bits per heavy atom. The molecule has 0 aromatic heterocycles. The summed E-state index contributed by atoms with van der Waals surface area (Å²) in [6.07, 6.45) is 2.54. The van der Waals surface area contributed by atoms with E-state index in [9.17, 15) is 4.79 Å². The van der Waals surface area contributed by atoms with E-state index in [4.69, 9.17) is 4.74 Å². The van der Waals surface area contributed by atoms with Gasteiger partial charge in [0.15, 0.2) is 0 Å². The summed E-state index contributed by atoms with van der Waals surface area (Å²) >= 11 is 0. The molecule has 2 heterocycles. The number of ether oxygens (including phenoxy) is 1. The highest BCUT2D eigenvalue weighted by atomic mass is 16.5. The van der Waals surface area contributed by atoms with Crippen LogP contribution in [-0.2, 0) is 16.1 Å². The summed E-state index contributed by atoms with van der Waals surface area (Å²) in [5, 5.41) is 3.27. The van der Waals surface area contributed by atoms with E-state index < -0.39 is 0 Å². The van der Waals surface area contributed by atoms with Gasteiger partial charge in [-0.15, -0.1) is 0 Å². The van der Waals surface area contributed by atoms with Crippen molar-refractivity contribution in [3.63, 3.8) is 0 Å². The van der Waals surface area contributed by atoms with E-state index in [1.54, 1.807) is 0 Å². The predicted molar refractivity (Wildman–Crippen MR) is 94.7 cm³/mol. The molecule has 0 radical (unpaired) electrons. The second-order valence-electron chi connectivity index (χ2n) is 6.92. The van der Waals surface area contributed by atoms with Crippen LogP contribution in [0.1, 0.15) is 25.3 Å². The Hall–Kier alpha value is -1.43. The Kier molecular flexibility index (Phi) is 6.24. The molecule has 2 atom stereocenters. The summed E-state index contributed by atoms with van der Waals surface area (Å²) in [4.78, 5) is 16.9. The van der Waals surface area contributed by atoms with Gasteiger partial charge < -0.3 is 15.0 Å². The van der Waals surface area contributed by atoms with E-state index in [0.717, 1.165) is 52.2 Å². The number of carbonyl (C=O) groups excluding carboxylic acids is 1. The lowest BCUT2D eigenvalue weighted by molar-refractivity contribution is -0.134.